The van der Waals surface area contributed by atoms with Crippen molar-refractivity contribution in [3.8, 4) is 0 Å². The first-order valence-electron chi connectivity index (χ1n) is 5.27. The van der Waals surface area contributed by atoms with Crippen molar-refractivity contribution in [2.24, 2.45) is 5.92 Å². The molecular weight excluding hydrogens is 226 g/mol. The number of halogens is 1. The second-order valence-electron chi connectivity index (χ2n) is 4.07. The van der Waals surface area contributed by atoms with E-state index in [1.165, 1.54) is 0 Å². The molecule has 0 bridgehead atoms. The van der Waals surface area contributed by atoms with Gasteiger partial charge in [0.25, 0.3) is 5.91 Å². The van der Waals surface area contributed by atoms with E-state index < -0.39 is 0 Å². The summed E-state index contributed by atoms with van der Waals surface area (Å²) in [5.41, 5.74) is 0.285. The standard InChI is InChI=1S/C11H14ClN3O/c1-6-5-8(6)14-11(16)10-7(12)3-4-9(13-2)15-10/h3-4,6,8H,5H2,1-2H3,(H,13,15)(H,14,16). The van der Waals surface area contributed by atoms with E-state index in [0.29, 0.717) is 16.8 Å². The van der Waals surface area contributed by atoms with E-state index >= 15 is 0 Å². The SMILES string of the molecule is CNc1ccc(Cl)c(C(=O)NC2CC2C)n1. The maximum absolute atomic E-state index is 11.8. The third-order valence-corrected chi connectivity index (χ3v) is 3.05. The minimum atomic E-state index is -0.198. The number of pyridine rings is 1. The minimum absolute atomic E-state index is 0.198. The van der Waals surface area contributed by atoms with E-state index in [2.05, 4.69) is 22.5 Å². The Bertz CT molecular complexity index is 422. The van der Waals surface area contributed by atoms with E-state index in [9.17, 15) is 4.79 Å². The molecule has 1 aliphatic rings. The van der Waals surface area contributed by atoms with Crippen LogP contribution in [-0.2, 0) is 0 Å². The maximum atomic E-state index is 11.8. The first-order chi connectivity index (χ1) is 7.61. The molecule has 1 aromatic heterocycles. The Morgan fingerprint density at radius 3 is 2.81 bits per heavy atom. The minimum Gasteiger partial charge on any atom is -0.373 e. The first-order valence-corrected chi connectivity index (χ1v) is 5.64. The number of hydrogen-bond donors (Lipinski definition) is 2. The molecule has 0 radical (unpaired) electrons. The van der Waals surface area contributed by atoms with Gasteiger partial charge in [-0.05, 0) is 24.5 Å². The Morgan fingerprint density at radius 1 is 1.56 bits per heavy atom. The van der Waals surface area contributed by atoms with Crippen LogP contribution in [0.4, 0.5) is 5.82 Å². The van der Waals surface area contributed by atoms with Crippen LogP contribution in [0.3, 0.4) is 0 Å². The van der Waals surface area contributed by atoms with Gasteiger partial charge in [-0.15, -0.1) is 0 Å². The van der Waals surface area contributed by atoms with E-state index in [4.69, 9.17) is 11.6 Å². The van der Waals surface area contributed by atoms with Crippen molar-refractivity contribution in [2.45, 2.75) is 19.4 Å². The number of aromatic nitrogens is 1. The predicted molar refractivity (Wildman–Crippen MR) is 63.8 cm³/mol. The zero-order chi connectivity index (χ0) is 11.7. The van der Waals surface area contributed by atoms with Crippen molar-refractivity contribution in [2.75, 3.05) is 12.4 Å². The van der Waals surface area contributed by atoms with Gasteiger partial charge in [-0.3, -0.25) is 4.79 Å². The molecule has 0 aromatic carbocycles. The number of carbonyl (C=O) groups is 1. The number of amides is 1. The largest absolute Gasteiger partial charge is 0.373 e. The Morgan fingerprint density at radius 2 is 2.25 bits per heavy atom. The summed E-state index contributed by atoms with van der Waals surface area (Å²) in [6.07, 6.45) is 1.04. The summed E-state index contributed by atoms with van der Waals surface area (Å²) >= 11 is 5.94. The molecule has 5 heteroatoms. The molecule has 1 aliphatic carbocycles. The Balaban J connectivity index is 2.14. The number of nitrogens with one attached hydrogen (secondary N) is 2. The molecule has 1 amide bonds. The Labute approximate surface area is 99.4 Å². The third-order valence-electron chi connectivity index (χ3n) is 2.74. The molecule has 4 nitrogen and oxygen atoms in total. The van der Waals surface area contributed by atoms with E-state index in [0.717, 1.165) is 6.42 Å². The summed E-state index contributed by atoms with van der Waals surface area (Å²) in [6, 6.07) is 3.69. The topological polar surface area (TPSA) is 54.0 Å². The fourth-order valence-corrected chi connectivity index (χ4v) is 1.69. The smallest absolute Gasteiger partial charge is 0.271 e. The van der Waals surface area contributed by atoms with Crippen LogP contribution >= 0.6 is 11.6 Å². The van der Waals surface area contributed by atoms with Crippen molar-refractivity contribution in [1.82, 2.24) is 10.3 Å². The van der Waals surface area contributed by atoms with Crippen LogP contribution in [0.5, 0.6) is 0 Å². The summed E-state index contributed by atoms with van der Waals surface area (Å²) < 4.78 is 0. The number of anilines is 1. The lowest BCUT2D eigenvalue weighted by Crippen LogP contribution is -2.27. The zero-order valence-electron chi connectivity index (χ0n) is 9.25. The van der Waals surface area contributed by atoms with Crippen LogP contribution in [0.2, 0.25) is 5.02 Å². The molecule has 0 spiro atoms. The van der Waals surface area contributed by atoms with Gasteiger partial charge in [0.1, 0.15) is 11.5 Å². The van der Waals surface area contributed by atoms with Gasteiger partial charge in [-0.25, -0.2) is 4.98 Å². The van der Waals surface area contributed by atoms with Crippen LogP contribution in [-0.4, -0.2) is 24.0 Å². The maximum Gasteiger partial charge on any atom is 0.271 e. The van der Waals surface area contributed by atoms with Crippen LogP contribution in [0, 0.1) is 5.92 Å². The predicted octanol–water partition coefficient (Wildman–Crippen LogP) is 1.91. The number of rotatable bonds is 3. The van der Waals surface area contributed by atoms with Gasteiger partial charge >= 0.3 is 0 Å². The molecule has 2 atom stereocenters. The van der Waals surface area contributed by atoms with Crippen molar-refractivity contribution >= 4 is 23.3 Å². The molecule has 2 unspecified atom stereocenters. The molecule has 86 valence electrons. The van der Waals surface area contributed by atoms with E-state index in [-0.39, 0.29) is 17.6 Å². The van der Waals surface area contributed by atoms with Crippen molar-refractivity contribution in [1.29, 1.82) is 0 Å². The highest BCUT2D eigenvalue weighted by Gasteiger charge is 2.34. The number of nitrogens with zero attached hydrogens (tertiary/aromatic N) is 1. The first kappa shape index (κ1) is 11.2. The molecule has 1 saturated carbocycles. The second-order valence-corrected chi connectivity index (χ2v) is 4.48. The molecule has 0 aliphatic heterocycles. The highest BCUT2D eigenvalue weighted by atomic mass is 35.5. The molecule has 0 saturated heterocycles. The van der Waals surface area contributed by atoms with Gasteiger partial charge in [0, 0.05) is 13.1 Å². The van der Waals surface area contributed by atoms with Gasteiger partial charge in [0.15, 0.2) is 0 Å². The zero-order valence-corrected chi connectivity index (χ0v) is 10.0. The van der Waals surface area contributed by atoms with E-state index in [1.807, 2.05) is 0 Å². The van der Waals surface area contributed by atoms with Crippen molar-refractivity contribution in [3.63, 3.8) is 0 Å². The Hall–Kier alpha value is -1.29. The molecule has 2 rings (SSSR count). The molecule has 1 heterocycles. The highest BCUT2D eigenvalue weighted by molar-refractivity contribution is 6.33. The van der Waals surface area contributed by atoms with Gasteiger partial charge in [0.05, 0.1) is 5.02 Å². The lowest BCUT2D eigenvalue weighted by atomic mass is 10.3. The summed E-state index contributed by atoms with van der Waals surface area (Å²) in [7, 11) is 1.75. The molecule has 2 N–H and O–H groups in total. The lowest BCUT2D eigenvalue weighted by molar-refractivity contribution is 0.0944. The fourth-order valence-electron chi connectivity index (χ4n) is 1.50. The summed E-state index contributed by atoms with van der Waals surface area (Å²) in [5.74, 6) is 1.00. The van der Waals surface area contributed by atoms with Gasteiger partial charge in [-0.2, -0.15) is 0 Å². The van der Waals surface area contributed by atoms with Gasteiger partial charge < -0.3 is 10.6 Å². The number of hydrogen-bond acceptors (Lipinski definition) is 3. The van der Waals surface area contributed by atoms with Crippen LogP contribution < -0.4 is 10.6 Å². The monoisotopic (exact) mass is 239 g/mol. The summed E-state index contributed by atoms with van der Waals surface area (Å²) in [6.45, 7) is 2.10. The van der Waals surface area contributed by atoms with Gasteiger partial charge in [-0.1, -0.05) is 18.5 Å². The fraction of sp³-hybridized carbons (Fsp3) is 0.455. The summed E-state index contributed by atoms with van der Waals surface area (Å²) in [4.78, 5) is 16.0. The number of carbonyl (C=O) groups excluding carboxylic acids is 1. The highest BCUT2D eigenvalue weighted by Crippen LogP contribution is 2.29. The van der Waals surface area contributed by atoms with E-state index in [1.54, 1.807) is 19.2 Å². The van der Waals surface area contributed by atoms with Crippen LogP contribution in [0.25, 0.3) is 0 Å². The van der Waals surface area contributed by atoms with Gasteiger partial charge in [0.2, 0.25) is 0 Å². The van der Waals surface area contributed by atoms with Crippen LogP contribution in [0.15, 0.2) is 12.1 Å². The molecule has 1 fully saturated rings. The van der Waals surface area contributed by atoms with Crippen LogP contribution in [0.1, 0.15) is 23.8 Å². The Kier molecular flexibility index (Phi) is 3.01. The average molecular weight is 240 g/mol. The lowest BCUT2D eigenvalue weighted by Gasteiger charge is -2.07. The second kappa shape index (κ2) is 4.29. The molecular formula is C11H14ClN3O. The quantitative estimate of drug-likeness (QED) is 0.847. The third kappa shape index (κ3) is 2.27. The van der Waals surface area contributed by atoms with Crippen molar-refractivity contribution < 1.29 is 4.79 Å². The summed E-state index contributed by atoms with van der Waals surface area (Å²) in [5, 5.41) is 6.16. The van der Waals surface area contributed by atoms with Crippen molar-refractivity contribution in [3.05, 3.63) is 22.8 Å². The normalized spacial score (nSPS) is 22.7. The average Bonchev–Trinajstić information content (AvgIpc) is 2.94. The molecule has 16 heavy (non-hydrogen) atoms. The molecule has 1 aromatic rings.